The van der Waals surface area contributed by atoms with Crippen molar-refractivity contribution < 1.29 is 12.9 Å². The van der Waals surface area contributed by atoms with Crippen LogP contribution in [0.5, 0.6) is 0 Å². The fraction of sp³-hybridized carbons (Fsp3) is 1.00. The molecule has 0 unspecified atom stereocenters. The van der Waals surface area contributed by atoms with E-state index in [1.54, 1.807) is 6.92 Å². The lowest BCUT2D eigenvalue weighted by Gasteiger charge is -1.92. The van der Waals surface area contributed by atoms with Crippen molar-refractivity contribution in [3.8, 4) is 0 Å². The van der Waals surface area contributed by atoms with Gasteiger partial charge in [-0.2, -0.15) is 0 Å². The van der Waals surface area contributed by atoms with Crippen LogP contribution in [-0.4, -0.2) is 14.2 Å². The number of rotatable bonds is 3. The molecule has 0 bridgehead atoms. The van der Waals surface area contributed by atoms with E-state index in [4.69, 9.17) is 0 Å². The summed E-state index contributed by atoms with van der Waals surface area (Å²) in [5, 5.41) is 0. The van der Waals surface area contributed by atoms with Crippen molar-refractivity contribution in [3.63, 3.8) is 0 Å². The van der Waals surface area contributed by atoms with Gasteiger partial charge in [0, 0.05) is 0 Å². The van der Waals surface area contributed by atoms with Crippen LogP contribution in [0.1, 0.15) is 13.3 Å². The highest BCUT2D eigenvalue weighted by Crippen LogP contribution is 1.86. The van der Waals surface area contributed by atoms with Gasteiger partial charge in [-0.3, -0.25) is 0 Å². The molecule has 0 rings (SSSR count). The molecule has 0 fully saturated rings. The number of hydrogen-bond acceptors (Lipinski definition) is 2. The van der Waals surface area contributed by atoms with Gasteiger partial charge < -0.3 is 0 Å². The minimum Gasteiger partial charge on any atom is -0.210 e. The van der Waals surface area contributed by atoms with Crippen molar-refractivity contribution in [3.05, 3.63) is 0 Å². The number of halogens is 1. The minimum absolute atomic E-state index is 0.149. The zero-order chi connectivity index (χ0) is 6.62. The van der Waals surface area contributed by atoms with Crippen molar-refractivity contribution in [2.24, 2.45) is 0 Å². The van der Waals surface area contributed by atoms with Gasteiger partial charge in [-0.05, 0) is 6.42 Å². The summed E-state index contributed by atoms with van der Waals surface area (Å²) in [5.41, 5.74) is 0. The fourth-order valence-corrected chi connectivity index (χ4v) is 0.922. The normalized spacial score (nSPS) is 11.8. The van der Waals surface area contributed by atoms with Crippen LogP contribution in [0.3, 0.4) is 0 Å². The zero-order valence-electron chi connectivity index (χ0n) is 4.52. The third-order valence-corrected chi connectivity index (χ3v) is 1.77. The third kappa shape index (κ3) is 2.92. The van der Waals surface area contributed by atoms with Crippen molar-refractivity contribution >= 4 is 10.0 Å². The molecule has 0 saturated heterocycles. The summed E-state index contributed by atoms with van der Waals surface area (Å²) in [5.74, 6) is -0.149. The summed E-state index contributed by atoms with van der Waals surface area (Å²) < 4.78 is 31.3. The Morgan fingerprint density at radius 1 is 1.62 bits per heavy atom. The molecule has 0 aliphatic carbocycles. The van der Waals surface area contributed by atoms with E-state index in [9.17, 15) is 12.9 Å². The van der Waals surface area contributed by atoms with Gasteiger partial charge in [-0.1, -0.05) is 11.9 Å². The largest absolute Gasteiger partial charge is 0.237 e. The highest BCUT2D eigenvalue weighted by molar-refractivity contribution is 7.89. The third-order valence-electron chi connectivity index (χ3n) is 0.590. The topological polar surface area (TPSA) is 46.2 Å². The van der Waals surface area contributed by atoms with Crippen molar-refractivity contribution in [1.82, 2.24) is 4.94 Å². The van der Waals surface area contributed by atoms with Gasteiger partial charge in [0.2, 0.25) is 10.0 Å². The maximum absolute atomic E-state index is 11.1. The number of sulfonamides is 1. The van der Waals surface area contributed by atoms with E-state index >= 15 is 0 Å². The van der Waals surface area contributed by atoms with E-state index in [-0.39, 0.29) is 5.75 Å². The maximum Gasteiger partial charge on any atom is 0.237 e. The lowest BCUT2D eigenvalue weighted by Crippen LogP contribution is -2.17. The molecule has 8 heavy (non-hydrogen) atoms. The molecule has 5 heteroatoms. The highest BCUT2D eigenvalue weighted by atomic mass is 32.2. The van der Waals surface area contributed by atoms with Crippen molar-refractivity contribution in [2.75, 3.05) is 5.75 Å². The Labute approximate surface area is 47.9 Å². The molecule has 0 radical (unpaired) electrons. The van der Waals surface area contributed by atoms with Gasteiger partial charge in [0.1, 0.15) is 0 Å². The molecule has 50 valence electrons. The smallest absolute Gasteiger partial charge is 0.210 e. The monoisotopic (exact) mass is 141 g/mol. The summed E-state index contributed by atoms with van der Waals surface area (Å²) in [6.45, 7) is 1.66. The van der Waals surface area contributed by atoms with E-state index in [1.165, 1.54) is 0 Å². The SMILES string of the molecule is CCCS(=O)(=O)NF. The zero-order valence-corrected chi connectivity index (χ0v) is 5.33. The van der Waals surface area contributed by atoms with Gasteiger partial charge in [0.05, 0.1) is 5.75 Å². The first-order chi connectivity index (χ1) is 3.62. The number of hydrogen-bond donors (Lipinski definition) is 1. The Morgan fingerprint density at radius 2 is 2.12 bits per heavy atom. The summed E-state index contributed by atoms with van der Waals surface area (Å²) in [6, 6.07) is 0. The first-order valence-corrected chi connectivity index (χ1v) is 3.87. The molecule has 0 saturated carbocycles. The summed E-state index contributed by atoms with van der Waals surface area (Å²) in [7, 11) is -3.59. The van der Waals surface area contributed by atoms with Gasteiger partial charge >= 0.3 is 0 Å². The Bertz CT molecular complexity index is 141. The molecule has 0 amide bonds. The van der Waals surface area contributed by atoms with Crippen LogP contribution in [0, 0.1) is 0 Å². The van der Waals surface area contributed by atoms with Gasteiger partial charge in [-0.15, -0.1) is 4.48 Å². The molecule has 0 atom stereocenters. The van der Waals surface area contributed by atoms with Crippen LogP contribution in [-0.2, 0) is 10.0 Å². The molecule has 0 aromatic carbocycles. The lowest BCUT2D eigenvalue weighted by atomic mass is 10.6. The molecule has 1 N–H and O–H groups in total. The first kappa shape index (κ1) is 7.84. The Kier molecular flexibility index (Phi) is 2.93. The van der Waals surface area contributed by atoms with Gasteiger partial charge in [0.15, 0.2) is 0 Å². The predicted octanol–water partition coefficient (Wildman–Crippen LogP) is 0.200. The molecule has 3 nitrogen and oxygen atoms in total. The quantitative estimate of drug-likeness (QED) is 0.571. The Morgan fingerprint density at radius 3 is 2.25 bits per heavy atom. The van der Waals surface area contributed by atoms with Crippen molar-refractivity contribution in [1.29, 1.82) is 0 Å². The van der Waals surface area contributed by atoms with Gasteiger partial charge in [0.25, 0.3) is 0 Å². The Balaban J connectivity index is 3.76. The molecule has 0 aliphatic heterocycles. The molecule has 0 aliphatic rings. The van der Waals surface area contributed by atoms with E-state index in [0.717, 1.165) is 0 Å². The summed E-state index contributed by atoms with van der Waals surface area (Å²) in [6.07, 6.45) is 0.430. The predicted molar refractivity (Wildman–Crippen MR) is 28.3 cm³/mol. The van der Waals surface area contributed by atoms with Crippen LogP contribution >= 0.6 is 0 Å². The molecule has 0 heterocycles. The van der Waals surface area contributed by atoms with Crippen LogP contribution in [0.15, 0.2) is 0 Å². The lowest BCUT2D eigenvalue weighted by molar-refractivity contribution is 0.425. The average Bonchev–Trinajstić information content (AvgIpc) is 1.67. The second-order valence-electron chi connectivity index (χ2n) is 1.40. The average molecular weight is 141 g/mol. The standard InChI is InChI=1S/C3H8FNO2S/c1-2-3-8(6,7)5-4/h5H,2-3H2,1H3. The van der Waals surface area contributed by atoms with E-state index in [0.29, 0.717) is 11.4 Å². The second kappa shape index (κ2) is 2.99. The first-order valence-electron chi connectivity index (χ1n) is 2.22. The van der Waals surface area contributed by atoms with Crippen molar-refractivity contribution in [2.45, 2.75) is 13.3 Å². The number of nitrogens with one attached hydrogen (secondary N) is 1. The molecular formula is C3H8FNO2S. The van der Waals surface area contributed by atoms with Crippen LogP contribution in [0.25, 0.3) is 0 Å². The van der Waals surface area contributed by atoms with Gasteiger partial charge in [-0.25, -0.2) is 8.42 Å². The highest BCUT2D eigenvalue weighted by Gasteiger charge is 2.04. The molecule has 0 aromatic heterocycles. The Hall–Kier alpha value is -0.160. The van der Waals surface area contributed by atoms with E-state index in [2.05, 4.69) is 0 Å². The van der Waals surface area contributed by atoms with E-state index in [1.807, 2.05) is 0 Å². The van der Waals surface area contributed by atoms with Crippen LogP contribution < -0.4 is 4.94 Å². The molecular weight excluding hydrogens is 133 g/mol. The van der Waals surface area contributed by atoms with Crippen LogP contribution in [0.2, 0.25) is 0 Å². The van der Waals surface area contributed by atoms with Crippen LogP contribution in [0.4, 0.5) is 4.48 Å². The second-order valence-corrected chi connectivity index (χ2v) is 3.19. The minimum atomic E-state index is -3.59. The molecule has 0 aromatic rings. The molecule has 0 spiro atoms. The fourth-order valence-electron chi connectivity index (χ4n) is 0.307. The maximum atomic E-state index is 11.1. The van der Waals surface area contributed by atoms with E-state index < -0.39 is 10.0 Å². The summed E-state index contributed by atoms with van der Waals surface area (Å²) in [4.78, 5) is 0.714. The summed E-state index contributed by atoms with van der Waals surface area (Å²) >= 11 is 0.